The number of halogens is 3. The van der Waals surface area contributed by atoms with Gasteiger partial charge in [0.05, 0.1) is 13.2 Å². The van der Waals surface area contributed by atoms with Gasteiger partial charge in [-0.1, -0.05) is 0 Å². The molecule has 0 aliphatic heterocycles. The highest BCUT2D eigenvalue weighted by Gasteiger charge is 2.33. The summed E-state index contributed by atoms with van der Waals surface area (Å²) in [6.45, 7) is 0.943. The van der Waals surface area contributed by atoms with Crippen molar-refractivity contribution in [3.8, 4) is 11.4 Å². The third kappa shape index (κ3) is 5.43. The van der Waals surface area contributed by atoms with Crippen LogP contribution in [0.25, 0.3) is 11.4 Å². The molecule has 0 fully saturated rings. The Hall–Kier alpha value is -2.26. The second kappa shape index (κ2) is 8.55. The van der Waals surface area contributed by atoms with Gasteiger partial charge in [-0.2, -0.15) is 13.2 Å². The molecule has 0 bridgehead atoms. The van der Waals surface area contributed by atoms with Gasteiger partial charge in [0.1, 0.15) is 5.82 Å². The van der Waals surface area contributed by atoms with E-state index < -0.39 is 11.9 Å². The Balaban J connectivity index is 2.12. The number of hydrogen-bond acceptors (Lipinski definition) is 6. The van der Waals surface area contributed by atoms with E-state index in [1.165, 1.54) is 12.4 Å². The summed E-state index contributed by atoms with van der Waals surface area (Å²) >= 11 is 0. The van der Waals surface area contributed by atoms with Crippen molar-refractivity contribution in [3.05, 3.63) is 36.3 Å². The van der Waals surface area contributed by atoms with E-state index >= 15 is 0 Å². The second-order valence-corrected chi connectivity index (χ2v) is 4.81. The van der Waals surface area contributed by atoms with Crippen LogP contribution in [-0.4, -0.2) is 46.4 Å². The summed E-state index contributed by atoms with van der Waals surface area (Å²) in [6, 6.07) is 3.96. The molecule has 0 radical (unpaired) electrons. The van der Waals surface area contributed by atoms with Gasteiger partial charge in [-0.05, 0) is 18.6 Å². The minimum absolute atomic E-state index is 0.0220. The first-order chi connectivity index (χ1) is 11.5. The molecule has 9 heteroatoms. The molecule has 0 saturated heterocycles. The van der Waals surface area contributed by atoms with Gasteiger partial charge < -0.3 is 15.2 Å². The first kappa shape index (κ1) is 18.1. The zero-order chi connectivity index (χ0) is 17.4. The van der Waals surface area contributed by atoms with Crippen molar-refractivity contribution in [2.45, 2.75) is 12.6 Å². The Kier molecular flexibility index (Phi) is 6.44. The Labute approximate surface area is 136 Å². The van der Waals surface area contributed by atoms with Crippen molar-refractivity contribution >= 4 is 5.82 Å². The molecule has 24 heavy (non-hydrogen) atoms. The highest BCUT2D eigenvalue weighted by atomic mass is 19.4. The van der Waals surface area contributed by atoms with E-state index in [1.54, 1.807) is 12.1 Å². The van der Waals surface area contributed by atoms with Crippen LogP contribution in [0.15, 0.2) is 30.6 Å². The van der Waals surface area contributed by atoms with E-state index in [1.807, 2.05) is 0 Å². The van der Waals surface area contributed by atoms with E-state index in [9.17, 15) is 13.2 Å². The van der Waals surface area contributed by atoms with E-state index in [2.05, 4.69) is 20.3 Å². The lowest BCUT2D eigenvalue weighted by molar-refractivity contribution is -0.141. The number of anilines is 1. The minimum atomic E-state index is -4.56. The molecule has 0 amide bonds. The lowest BCUT2D eigenvalue weighted by atomic mass is 10.2. The van der Waals surface area contributed by atoms with Gasteiger partial charge in [-0.3, -0.25) is 4.98 Å². The third-order valence-electron chi connectivity index (χ3n) is 2.96. The van der Waals surface area contributed by atoms with Crippen LogP contribution in [0.1, 0.15) is 12.1 Å². The van der Waals surface area contributed by atoms with Crippen molar-refractivity contribution in [2.75, 3.05) is 31.7 Å². The van der Waals surface area contributed by atoms with Crippen molar-refractivity contribution in [1.82, 2.24) is 15.0 Å². The normalized spacial score (nSPS) is 11.5. The van der Waals surface area contributed by atoms with Crippen LogP contribution in [-0.2, 0) is 10.9 Å². The molecule has 0 saturated carbocycles. The predicted molar refractivity (Wildman–Crippen MR) is 81.3 cm³/mol. The fraction of sp³-hybridized carbons (Fsp3) is 0.400. The Bertz CT molecular complexity index is 638. The molecule has 2 rings (SSSR count). The van der Waals surface area contributed by atoms with E-state index in [0.717, 1.165) is 6.07 Å². The lowest BCUT2D eigenvalue weighted by Gasteiger charge is -2.12. The number of aliphatic hydroxyl groups is 1. The van der Waals surface area contributed by atoms with E-state index in [4.69, 9.17) is 9.84 Å². The fourth-order valence-electron chi connectivity index (χ4n) is 1.87. The average Bonchev–Trinajstić information content (AvgIpc) is 2.58. The van der Waals surface area contributed by atoms with Gasteiger partial charge in [0.2, 0.25) is 0 Å². The largest absolute Gasteiger partial charge is 0.433 e. The Morgan fingerprint density at radius 2 is 1.88 bits per heavy atom. The van der Waals surface area contributed by atoms with Crippen LogP contribution in [0, 0.1) is 0 Å². The second-order valence-electron chi connectivity index (χ2n) is 4.81. The standard InChI is InChI=1S/C15H17F3N4O2/c16-15(17,18)12-10-13(20-4-1-8-24-9-7-23)22-14(21-12)11-2-5-19-6-3-11/h2-3,5-6,10,23H,1,4,7-9H2,(H,20,21,22). The molecule has 0 atom stereocenters. The number of ether oxygens (including phenoxy) is 1. The summed E-state index contributed by atoms with van der Waals surface area (Å²) in [5.41, 5.74) is -0.561. The maximum atomic E-state index is 13.0. The molecular formula is C15H17F3N4O2. The molecule has 0 aliphatic carbocycles. The summed E-state index contributed by atoms with van der Waals surface area (Å²) in [6.07, 6.45) is -1.07. The molecule has 2 heterocycles. The number of nitrogens with zero attached hydrogens (tertiary/aromatic N) is 3. The van der Waals surface area contributed by atoms with Gasteiger partial charge in [0.25, 0.3) is 0 Å². The monoisotopic (exact) mass is 342 g/mol. The highest BCUT2D eigenvalue weighted by Crippen LogP contribution is 2.30. The number of alkyl halides is 3. The van der Waals surface area contributed by atoms with Crippen LogP contribution in [0.4, 0.5) is 19.0 Å². The van der Waals surface area contributed by atoms with Crippen molar-refractivity contribution in [2.24, 2.45) is 0 Å². The van der Waals surface area contributed by atoms with Crippen molar-refractivity contribution < 1.29 is 23.0 Å². The number of hydrogen-bond donors (Lipinski definition) is 2. The Morgan fingerprint density at radius 3 is 2.54 bits per heavy atom. The van der Waals surface area contributed by atoms with E-state index in [0.29, 0.717) is 25.1 Å². The average molecular weight is 342 g/mol. The van der Waals surface area contributed by atoms with Crippen LogP contribution >= 0.6 is 0 Å². The molecular weight excluding hydrogens is 325 g/mol. The van der Waals surface area contributed by atoms with Gasteiger partial charge in [-0.15, -0.1) is 0 Å². The first-order valence-corrected chi connectivity index (χ1v) is 7.30. The fourth-order valence-corrected chi connectivity index (χ4v) is 1.87. The van der Waals surface area contributed by atoms with Gasteiger partial charge in [-0.25, -0.2) is 9.97 Å². The summed E-state index contributed by atoms with van der Waals surface area (Å²) in [4.78, 5) is 11.5. The van der Waals surface area contributed by atoms with Gasteiger partial charge >= 0.3 is 6.18 Å². The van der Waals surface area contributed by atoms with Crippen LogP contribution in [0.3, 0.4) is 0 Å². The molecule has 2 aromatic heterocycles. The van der Waals surface area contributed by atoms with Gasteiger partial charge in [0, 0.05) is 37.2 Å². The molecule has 6 nitrogen and oxygen atoms in total. The summed E-state index contributed by atoms with van der Waals surface area (Å²) < 4.78 is 44.1. The minimum Gasteiger partial charge on any atom is -0.394 e. The maximum Gasteiger partial charge on any atom is 0.433 e. The van der Waals surface area contributed by atoms with E-state index in [-0.39, 0.29) is 24.9 Å². The van der Waals surface area contributed by atoms with Crippen LogP contribution < -0.4 is 5.32 Å². The molecule has 0 unspecified atom stereocenters. The summed E-state index contributed by atoms with van der Waals surface area (Å²) in [7, 11) is 0. The number of pyridine rings is 1. The molecule has 130 valence electrons. The summed E-state index contributed by atoms with van der Waals surface area (Å²) in [5, 5.41) is 11.4. The van der Waals surface area contributed by atoms with Crippen LogP contribution in [0.5, 0.6) is 0 Å². The molecule has 2 N–H and O–H groups in total. The lowest BCUT2D eigenvalue weighted by Crippen LogP contribution is -2.13. The quantitative estimate of drug-likeness (QED) is 0.717. The van der Waals surface area contributed by atoms with Crippen molar-refractivity contribution in [3.63, 3.8) is 0 Å². The maximum absolute atomic E-state index is 13.0. The summed E-state index contributed by atoms with van der Waals surface area (Å²) in [5.74, 6) is 0.0672. The number of nitrogens with one attached hydrogen (secondary N) is 1. The van der Waals surface area contributed by atoms with Crippen molar-refractivity contribution in [1.29, 1.82) is 0 Å². The Morgan fingerprint density at radius 1 is 1.12 bits per heavy atom. The predicted octanol–water partition coefficient (Wildman–Crippen LogP) is 2.37. The molecule has 0 aromatic carbocycles. The third-order valence-corrected chi connectivity index (χ3v) is 2.96. The zero-order valence-electron chi connectivity index (χ0n) is 12.8. The number of rotatable bonds is 8. The molecule has 0 spiro atoms. The number of aromatic nitrogens is 3. The number of aliphatic hydroxyl groups excluding tert-OH is 1. The first-order valence-electron chi connectivity index (χ1n) is 7.30. The smallest absolute Gasteiger partial charge is 0.394 e. The van der Waals surface area contributed by atoms with Gasteiger partial charge in [0.15, 0.2) is 11.5 Å². The highest BCUT2D eigenvalue weighted by molar-refractivity contribution is 5.57. The molecule has 0 aliphatic rings. The van der Waals surface area contributed by atoms with Crippen LogP contribution in [0.2, 0.25) is 0 Å². The SMILES string of the molecule is OCCOCCCNc1cc(C(F)(F)F)nc(-c2ccncc2)n1. The zero-order valence-corrected chi connectivity index (χ0v) is 12.8. The molecule has 2 aromatic rings. The topological polar surface area (TPSA) is 80.2 Å².